The highest BCUT2D eigenvalue weighted by Crippen LogP contribution is 2.30. The van der Waals surface area contributed by atoms with Crippen LogP contribution in [0.25, 0.3) is 0 Å². The van der Waals surface area contributed by atoms with E-state index in [0.717, 1.165) is 19.5 Å². The molecule has 2 aliphatic rings. The lowest BCUT2D eigenvalue weighted by Crippen LogP contribution is -2.49. The molecular formula is C28H31N3O3S. The van der Waals surface area contributed by atoms with Crippen molar-refractivity contribution >= 4 is 21.6 Å². The van der Waals surface area contributed by atoms with Gasteiger partial charge in [-0.25, -0.2) is 8.42 Å². The summed E-state index contributed by atoms with van der Waals surface area (Å²) in [6, 6.07) is 28.2. The number of carbonyl (C=O) groups excluding carboxylic acids is 1. The summed E-state index contributed by atoms with van der Waals surface area (Å²) in [4.78, 5) is 17.5. The normalized spacial score (nSPS) is 18.5. The number of hydrogen-bond acceptors (Lipinski definition) is 4. The standard InChI is InChI=1S/C28H31N3O3S/c32-28(25-13-15-26(16-14-25)31-17-7-8-22-35(31,33)34)30-20-18-29(19-21-30)27(23-9-3-1-4-10-23)24-11-5-2-6-12-24/h1-6,9-16,27H,7-8,17-22H2. The first-order valence-electron chi connectivity index (χ1n) is 12.3. The first-order valence-corrected chi connectivity index (χ1v) is 13.9. The Bertz CT molecular complexity index is 1200. The summed E-state index contributed by atoms with van der Waals surface area (Å²) in [6.07, 6.45) is 1.56. The molecule has 3 aromatic rings. The van der Waals surface area contributed by atoms with Crippen molar-refractivity contribution in [3.8, 4) is 0 Å². The Labute approximate surface area is 207 Å². The van der Waals surface area contributed by atoms with Gasteiger partial charge in [0, 0.05) is 38.3 Å². The number of nitrogens with zero attached hydrogens (tertiary/aromatic N) is 3. The molecule has 1 amide bonds. The zero-order valence-corrected chi connectivity index (χ0v) is 20.6. The van der Waals surface area contributed by atoms with Crippen LogP contribution < -0.4 is 4.31 Å². The Balaban J connectivity index is 1.27. The molecule has 0 aliphatic carbocycles. The highest BCUT2D eigenvalue weighted by atomic mass is 32.2. The van der Waals surface area contributed by atoms with Crippen LogP contribution in [0.3, 0.4) is 0 Å². The minimum Gasteiger partial charge on any atom is -0.336 e. The first-order chi connectivity index (χ1) is 17.0. The minimum atomic E-state index is -3.26. The van der Waals surface area contributed by atoms with Gasteiger partial charge in [-0.1, -0.05) is 60.7 Å². The molecule has 6 nitrogen and oxygen atoms in total. The molecule has 2 heterocycles. The van der Waals surface area contributed by atoms with Crippen molar-refractivity contribution in [2.75, 3.05) is 42.8 Å². The number of piperazine rings is 1. The van der Waals surface area contributed by atoms with E-state index in [2.05, 4.69) is 53.4 Å². The number of anilines is 1. The van der Waals surface area contributed by atoms with Crippen LogP contribution in [-0.4, -0.2) is 62.6 Å². The van der Waals surface area contributed by atoms with E-state index in [1.807, 2.05) is 17.0 Å². The van der Waals surface area contributed by atoms with Crippen molar-refractivity contribution in [3.63, 3.8) is 0 Å². The number of benzene rings is 3. The lowest BCUT2D eigenvalue weighted by molar-refractivity contribution is 0.0597. The number of carbonyl (C=O) groups is 1. The van der Waals surface area contributed by atoms with Gasteiger partial charge in [-0.05, 0) is 48.2 Å². The van der Waals surface area contributed by atoms with Gasteiger partial charge in [0.25, 0.3) is 5.91 Å². The molecule has 0 radical (unpaired) electrons. The average molecular weight is 490 g/mol. The number of sulfonamides is 1. The molecule has 5 rings (SSSR count). The lowest BCUT2D eigenvalue weighted by Gasteiger charge is -2.40. The Morgan fingerprint density at radius 1 is 0.686 bits per heavy atom. The fourth-order valence-corrected chi connectivity index (χ4v) is 6.74. The van der Waals surface area contributed by atoms with Gasteiger partial charge in [-0.15, -0.1) is 0 Å². The number of amides is 1. The molecule has 3 aromatic carbocycles. The van der Waals surface area contributed by atoms with E-state index in [9.17, 15) is 13.2 Å². The maximum atomic E-state index is 13.2. The van der Waals surface area contributed by atoms with Crippen molar-refractivity contribution in [2.45, 2.75) is 18.9 Å². The topological polar surface area (TPSA) is 60.9 Å². The zero-order chi connectivity index (χ0) is 24.3. The Hall–Kier alpha value is -3.16. The van der Waals surface area contributed by atoms with Crippen molar-refractivity contribution in [1.82, 2.24) is 9.80 Å². The van der Waals surface area contributed by atoms with Crippen LogP contribution in [0, 0.1) is 0 Å². The molecule has 0 unspecified atom stereocenters. The monoisotopic (exact) mass is 489 g/mol. The first kappa shape index (κ1) is 23.6. The second-order valence-electron chi connectivity index (χ2n) is 9.19. The van der Waals surface area contributed by atoms with Crippen molar-refractivity contribution < 1.29 is 13.2 Å². The molecular weight excluding hydrogens is 458 g/mol. The van der Waals surface area contributed by atoms with E-state index in [0.29, 0.717) is 37.3 Å². The maximum absolute atomic E-state index is 13.2. The third-order valence-electron chi connectivity index (χ3n) is 6.95. The molecule has 2 aliphatic heterocycles. The van der Waals surface area contributed by atoms with Crippen molar-refractivity contribution in [3.05, 3.63) is 102 Å². The highest BCUT2D eigenvalue weighted by Gasteiger charge is 2.29. The quantitative estimate of drug-likeness (QED) is 0.540. The van der Waals surface area contributed by atoms with E-state index in [-0.39, 0.29) is 17.7 Å². The van der Waals surface area contributed by atoms with Crippen LogP contribution in [0.5, 0.6) is 0 Å². The fourth-order valence-electron chi connectivity index (χ4n) is 5.10. The highest BCUT2D eigenvalue weighted by molar-refractivity contribution is 7.92. The Morgan fingerprint density at radius 3 is 1.80 bits per heavy atom. The maximum Gasteiger partial charge on any atom is 0.253 e. The van der Waals surface area contributed by atoms with Crippen LogP contribution in [0.1, 0.15) is 40.4 Å². The van der Waals surface area contributed by atoms with Crippen LogP contribution >= 0.6 is 0 Å². The fraction of sp³-hybridized carbons (Fsp3) is 0.321. The third-order valence-corrected chi connectivity index (χ3v) is 8.82. The van der Waals surface area contributed by atoms with Crippen LogP contribution in [0.4, 0.5) is 5.69 Å². The van der Waals surface area contributed by atoms with E-state index in [1.165, 1.54) is 15.4 Å². The molecule has 0 bridgehead atoms. The van der Waals surface area contributed by atoms with E-state index < -0.39 is 10.0 Å². The van der Waals surface area contributed by atoms with E-state index in [1.54, 1.807) is 24.3 Å². The van der Waals surface area contributed by atoms with Crippen LogP contribution in [0.15, 0.2) is 84.9 Å². The lowest BCUT2D eigenvalue weighted by atomic mass is 9.96. The average Bonchev–Trinajstić information content (AvgIpc) is 2.90. The van der Waals surface area contributed by atoms with Gasteiger partial charge >= 0.3 is 0 Å². The van der Waals surface area contributed by atoms with E-state index >= 15 is 0 Å². The summed E-state index contributed by atoms with van der Waals surface area (Å²) >= 11 is 0. The van der Waals surface area contributed by atoms with Gasteiger partial charge in [0.15, 0.2) is 0 Å². The molecule has 2 fully saturated rings. The van der Waals surface area contributed by atoms with Gasteiger partial charge in [0.1, 0.15) is 0 Å². The number of rotatable bonds is 5. The zero-order valence-electron chi connectivity index (χ0n) is 19.8. The molecule has 0 aromatic heterocycles. The molecule has 182 valence electrons. The Morgan fingerprint density at radius 2 is 1.26 bits per heavy atom. The van der Waals surface area contributed by atoms with Crippen molar-refractivity contribution in [2.24, 2.45) is 0 Å². The second kappa shape index (κ2) is 10.2. The smallest absolute Gasteiger partial charge is 0.253 e. The molecule has 2 saturated heterocycles. The van der Waals surface area contributed by atoms with Crippen LogP contribution in [0.2, 0.25) is 0 Å². The molecule has 35 heavy (non-hydrogen) atoms. The summed E-state index contributed by atoms with van der Waals surface area (Å²) < 4.78 is 26.2. The molecule has 0 saturated carbocycles. The summed E-state index contributed by atoms with van der Waals surface area (Å²) in [5.74, 6) is 0.180. The van der Waals surface area contributed by atoms with Gasteiger partial charge in [0.2, 0.25) is 10.0 Å². The van der Waals surface area contributed by atoms with Gasteiger partial charge in [-0.3, -0.25) is 14.0 Å². The third kappa shape index (κ3) is 5.11. The SMILES string of the molecule is O=C(c1ccc(N2CCCCS2(=O)=O)cc1)N1CCN(C(c2ccccc2)c2ccccc2)CC1. The predicted molar refractivity (Wildman–Crippen MR) is 139 cm³/mol. The minimum absolute atomic E-state index is 0.00586. The Kier molecular flexibility index (Phi) is 6.88. The van der Waals surface area contributed by atoms with Crippen molar-refractivity contribution in [1.29, 1.82) is 0 Å². The summed E-state index contributed by atoms with van der Waals surface area (Å²) in [5.41, 5.74) is 3.74. The summed E-state index contributed by atoms with van der Waals surface area (Å²) in [7, 11) is -3.26. The second-order valence-corrected chi connectivity index (χ2v) is 11.2. The molecule has 7 heteroatoms. The van der Waals surface area contributed by atoms with Gasteiger partial charge in [-0.2, -0.15) is 0 Å². The molecule has 0 N–H and O–H groups in total. The molecule has 0 atom stereocenters. The number of hydrogen-bond donors (Lipinski definition) is 0. The van der Waals surface area contributed by atoms with Gasteiger partial charge < -0.3 is 4.90 Å². The molecule has 0 spiro atoms. The summed E-state index contributed by atoms with van der Waals surface area (Å²) in [5, 5.41) is 0. The largest absolute Gasteiger partial charge is 0.336 e. The van der Waals surface area contributed by atoms with Gasteiger partial charge in [0.05, 0.1) is 17.5 Å². The van der Waals surface area contributed by atoms with Crippen LogP contribution in [-0.2, 0) is 10.0 Å². The predicted octanol–water partition coefficient (Wildman–Crippen LogP) is 4.16. The summed E-state index contributed by atoms with van der Waals surface area (Å²) in [6.45, 7) is 3.37. The van der Waals surface area contributed by atoms with E-state index in [4.69, 9.17) is 0 Å².